The van der Waals surface area contributed by atoms with E-state index < -0.39 is 65.7 Å². The Morgan fingerprint density at radius 3 is 1.29 bits per heavy atom. The predicted molar refractivity (Wildman–Crippen MR) is 251 cm³/mol. The molecule has 1 aromatic rings. The summed E-state index contributed by atoms with van der Waals surface area (Å²) in [6, 6.07) is 0.709. The smallest absolute Gasteiger partial charge is 0.245 e. The Morgan fingerprint density at radius 2 is 0.892 bits per heavy atom. The summed E-state index contributed by atoms with van der Waals surface area (Å²) in [6.07, 6.45) is 1.25. The van der Waals surface area contributed by atoms with Gasteiger partial charge in [0.2, 0.25) is 29.5 Å². The fraction of sp³-hybridized carbons (Fsp3) is 0.553. The number of carbonyl (C=O) groups is 5. The number of rotatable bonds is 30. The van der Waals surface area contributed by atoms with Gasteiger partial charge in [0.15, 0.2) is 29.8 Å². The van der Waals surface area contributed by atoms with E-state index in [9.17, 15) is 24.0 Å². The van der Waals surface area contributed by atoms with E-state index >= 15 is 0 Å². The number of nitrogens with one attached hydrogen (secondary N) is 6. The van der Waals surface area contributed by atoms with Crippen molar-refractivity contribution in [3.05, 3.63) is 35.4 Å². The highest BCUT2D eigenvalue weighted by Crippen LogP contribution is 2.11. The molecule has 0 aromatic heterocycles. The van der Waals surface area contributed by atoms with Gasteiger partial charge in [-0.15, -0.1) is 0 Å². The molecule has 0 aliphatic rings. The lowest BCUT2D eigenvalue weighted by Crippen LogP contribution is -2.59. The third-order valence-electron chi connectivity index (χ3n) is 9.25. The van der Waals surface area contributed by atoms with Crippen molar-refractivity contribution in [2.45, 2.75) is 102 Å². The number of amides is 5. The van der Waals surface area contributed by atoms with Gasteiger partial charge in [0.05, 0.1) is 0 Å². The molecule has 0 saturated heterocycles. The molecular weight excluding hydrogens is 845 g/mol. The van der Waals surface area contributed by atoms with E-state index in [0.29, 0.717) is 24.0 Å². The maximum atomic E-state index is 14.1. The minimum absolute atomic E-state index is 0.00657. The van der Waals surface area contributed by atoms with Crippen molar-refractivity contribution in [3.8, 4) is 0 Å². The minimum atomic E-state index is -1.29. The summed E-state index contributed by atoms with van der Waals surface area (Å²) in [5.74, 6) is -5.12. The van der Waals surface area contributed by atoms with Gasteiger partial charge in [-0.3, -0.25) is 49.4 Å². The topological polar surface area (TPSA) is 517 Å². The van der Waals surface area contributed by atoms with Crippen LogP contribution in [0.1, 0.15) is 76.3 Å². The lowest BCUT2D eigenvalue weighted by Gasteiger charge is -2.28. The largest absolute Gasteiger partial charge is 0.384 e. The Hall–Kier alpha value is -7.61. The van der Waals surface area contributed by atoms with Gasteiger partial charge in [-0.05, 0) is 62.8 Å². The first-order valence-corrected chi connectivity index (χ1v) is 20.8. The van der Waals surface area contributed by atoms with Crippen molar-refractivity contribution in [1.29, 1.82) is 5.41 Å². The van der Waals surface area contributed by atoms with Crippen LogP contribution in [0.15, 0.2) is 49.2 Å². The third kappa shape index (κ3) is 24.0. The SMILES string of the molecule is CC(C)[C@H](NC(=O)[C@H](CCCN=C(N)N)NC(=O)[C@H](CCCN=C(N)N)NC(=O)[C@H](CCCN=C(N)N)N=C(N)N)C(=O)N[C@@H](CCCN=C(N)N)C(=O)NCc1ccc(C(=N)N)cc1. The molecule has 0 bridgehead atoms. The molecule has 65 heavy (non-hydrogen) atoms. The summed E-state index contributed by atoms with van der Waals surface area (Å²) in [5.41, 5.74) is 61.7. The number of amidine groups is 1. The highest BCUT2D eigenvalue weighted by molar-refractivity contribution is 5.97. The van der Waals surface area contributed by atoms with Crippen molar-refractivity contribution in [3.63, 3.8) is 0 Å². The molecule has 0 aliphatic heterocycles. The molecule has 28 N–H and O–H groups in total. The summed E-state index contributed by atoms with van der Waals surface area (Å²) in [4.78, 5) is 89.0. The number of hydrogen-bond acceptors (Lipinski definition) is 11. The van der Waals surface area contributed by atoms with Gasteiger partial charge in [-0.1, -0.05) is 38.1 Å². The summed E-state index contributed by atoms with van der Waals surface area (Å²) in [6.45, 7) is 3.99. The zero-order valence-corrected chi connectivity index (χ0v) is 37.1. The molecule has 0 unspecified atom stereocenters. The maximum Gasteiger partial charge on any atom is 0.245 e. The van der Waals surface area contributed by atoms with Gasteiger partial charge >= 0.3 is 0 Å². The third-order valence-corrected chi connectivity index (χ3v) is 9.25. The molecule has 0 spiro atoms. The van der Waals surface area contributed by atoms with Crippen LogP contribution in [0.2, 0.25) is 0 Å². The highest BCUT2D eigenvalue weighted by Gasteiger charge is 2.33. The molecular formula is C38H70N22O5. The lowest BCUT2D eigenvalue weighted by atomic mass is 10.0. The molecule has 1 rings (SSSR count). The average Bonchev–Trinajstić information content (AvgIpc) is 3.22. The number of guanidine groups is 5. The number of benzene rings is 1. The summed E-state index contributed by atoms with van der Waals surface area (Å²) in [5, 5.41) is 21.2. The van der Waals surface area contributed by atoms with Gasteiger partial charge in [0, 0.05) is 38.3 Å². The fourth-order valence-corrected chi connectivity index (χ4v) is 5.95. The van der Waals surface area contributed by atoms with Crippen LogP contribution >= 0.6 is 0 Å². The van der Waals surface area contributed by atoms with Crippen molar-refractivity contribution in [1.82, 2.24) is 26.6 Å². The van der Waals surface area contributed by atoms with E-state index in [1.54, 1.807) is 38.1 Å². The molecule has 5 amide bonds. The number of nitrogen functional groups attached to an aromatic ring is 1. The van der Waals surface area contributed by atoms with E-state index in [-0.39, 0.29) is 107 Å². The van der Waals surface area contributed by atoms with E-state index in [0.717, 1.165) is 0 Å². The molecule has 0 fully saturated rings. The van der Waals surface area contributed by atoms with Crippen LogP contribution < -0.4 is 89.7 Å². The van der Waals surface area contributed by atoms with Crippen LogP contribution in [0.3, 0.4) is 0 Å². The first-order chi connectivity index (χ1) is 30.6. The number of carbonyl (C=O) groups excluding carboxylic acids is 5. The van der Waals surface area contributed by atoms with Gasteiger partial charge in [-0.2, -0.15) is 0 Å². The second-order valence-corrected chi connectivity index (χ2v) is 15.1. The fourth-order valence-electron chi connectivity index (χ4n) is 5.95. The zero-order valence-electron chi connectivity index (χ0n) is 37.1. The number of nitrogens with zero attached hydrogens (tertiary/aromatic N) is 5. The highest BCUT2D eigenvalue weighted by atomic mass is 16.2. The standard InChI is InChI=1S/C38H70N22O5/c1-20(2)27(33(65)58-23(7-3-15-51-34(41)42)29(61)55-19-21-11-13-22(14-12-21)28(39)40)60-32(64)25(9-5-17-53-36(45)46)57-30(62)24(8-4-16-52-35(43)44)56-31(63)26(59-38(49)50)10-6-18-54-37(47)48/h11-14,20,23-27H,3-10,15-19H2,1-2H3,(H3,39,40)(H,55,61)(H,56,63)(H,57,62)(H,58,65)(H,60,64)(H4,41,42,51)(H4,43,44,52)(H4,45,46,53)(H4,47,48,54)(H4,49,50,59)/t23-,24-,25-,26-,27-/m0/s1. The zero-order chi connectivity index (χ0) is 49.1. The molecule has 0 saturated carbocycles. The number of nitrogens with two attached hydrogens (primary N) is 11. The predicted octanol–water partition coefficient (Wildman–Crippen LogP) is -5.96. The van der Waals surface area contributed by atoms with Crippen LogP contribution in [0, 0.1) is 11.3 Å². The Bertz CT molecular complexity index is 1860. The summed E-state index contributed by atoms with van der Waals surface area (Å²) < 4.78 is 0. The van der Waals surface area contributed by atoms with E-state index in [1.165, 1.54) is 0 Å². The maximum absolute atomic E-state index is 14.1. The second kappa shape index (κ2) is 29.6. The van der Waals surface area contributed by atoms with Gasteiger partial charge in [0.25, 0.3) is 0 Å². The van der Waals surface area contributed by atoms with E-state index in [4.69, 9.17) is 68.5 Å². The van der Waals surface area contributed by atoms with Crippen LogP contribution in [0.25, 0.3) is 0 Å². The van der Waals surface area contributed by atoms with Crippen molar-refractivity contribution >= 4 is 65.2 Å². The van der Waals surface area contributed by atoms with Crippen LogP contribution in [-0.2, 0) is 30.5 Å². The Kier molecular flexibility index (Phi) is 25.3. The Morgan fingerprint density at radius 1 is 0.508 bits per heavy atom. The quantitative estimate of drug-likeness (QED) is 0.0194. The Balaban J connectivity index is 3.42. The van der Waals surface area contributed by atoms with Gasteiger partial charge in [-0.25, -0.2) is 4.99 Å². The second-order valence-electron chi connectivity index (χ2n) is 15.1. The monoisotopic (exact) mass is 915 g/mol. The molecule has 0 heterocycles. The van der Waals surface area contributed by atoms with Crippen LogP contribution in [-0.4, -0.2) is 122 Å². The minimum Gasteiger partial charge on any atom is -0.384 e. The molecule has 27 nitrogen and oxygen atoms in total. The average molecular weight is 915 g/mol. The molecule has 1 aromatic carbocycles. The molecule has 0 radical (unpaired) electrons. The van der Waals surface area contributed by atoms with Crippen molar-refractivity contribution in [2.24, 2.45) is 94.0 Å². The molecule has 362 valence electrons. The van der Waals surface area contributed by atoms with Crippen LogP contribution in [0.5, 0.6) is 0 Å². The van der Waals surface area contributed by atoms with E-state index in [1.807, 2.05) is 0 Å². The van der Waals surface area contributed by atoms with Gasteiger partial charge in [0.1, 0.15) is 36.0 Å². The first kappa shape index (κ1) is 55.4. The number of hydrogen-bond donors (Lipinski definition) is 17. The summed E-state index contributed by atoms with van der Waals surface area (Å²) in [7, 11) is 0. The van der Waals surface area contributed by atoms with Gasteiger partial charge < -0.3 is 89.7 Å². The summed E-state index contributed by atoms with van der Waals surface area (Å²) >= 11 is 0. The van der Waals surface area contributed by atoms with E-state index in [2.05, 4.69) is 51.5 Å². The lowest BCUT2D eigenvalue weighted by molar-refractivity contribution is -0.135. The number of aliphatic imine (C=N–C) groups is 5. The van der Waals surface area contributed by atoms with Crippen molar-refractivity contribution in [2.75, 3.05) is 26.2 Å². The molecule has 27 heteroatoms. The molecule has 5 atom stereocenters. The van der Waals surface area contributed by atoms with Crippen LogP contribution in [0.4, 0.5) is 0 Å². The molecule has 0 aliphatic carbocycles. The first-order valence-electron chi connectivity index (χ1n) is 20.8. The normalized spacial score (nSPS) is 12.9. The Labute approximate surface area is 378 Å². The van der Waals surface area contributed by atoms with Crippen molar-refractivity contribution < 1.29 is 24.0 Å².